The Kier molecular flexibility index (Phi) is 2.87. The van der Waals surface area contributed by atoms with Gasteiger partial charge in [-0.25, -0.2) is 15.0 Å². The Bertz CT molecular complexity index is 689. The van der Waals surface area contributed by atoms with E-state index in [9.17, 15) is 0 Å². The number of hydrogen-bond acceptors (Lipinski definition) is 4. The van der Waals surface area contributed by atoms with Gasteiger partial charge in [0.15, 0.2) is 11.5 Å². The molecule has 0 saturated heterocycles. The summed E-state index contributed by atoms with van der Waals surface area (Å²) in [5, 5.41) is 0. The molecule has 19 heavy (non-hydrogen) atoms. The molecule has 96 valence electrons. The third-order valence-electron chi connectivity index (χ3n) is 3.29. The number of hydrogen-bond donors (Lipinski definition) is 1. The zero-order valence-electron chi connectivity index (χ0n) is 10.7. The van der Waals surface area contributed by atoms with Crippen LogP contribution in [0.15, 0.2) is 43.0 Å². The molecule has 0 bridgehead atoms. The van der Waals surface area contributed by atoms with E-state index in [-0.39, 0.29) is 6.04 Å². The highest BCUT2D eigenvalue weighted by atomic mass is 15.1. The summed E-state index contributed by atoms with van der Waals surface area (Å²) in [5.41, 5.74) is 8.50. The number of rotatable bonds is 3. The molecule has 0 aliphatic carbocycles. The molecular weight excluding hydrogens is 238 g/mol. The van der Waals surface area contributed by atoms with Crippen molar-refractivity contribution < 1.29 is 0 Å². The van der Waals surface area contributed by atoms with Crippen LogP contribution in [-0.4, -0.2) is 19.5 Å². The number of aromatic nitrogens is 4. The zero-order chi connectivity index (χ0) is 13.2. The molecule has 2 heterocycles. The Labute approximate surface area is 111 Å². The van der Waals surface area contributed by atoms with Gasteiger partial charge in [0.05, 0.1) is 12.4 Å². The van der Waals surface area contributed by atoms with E-state index in [1.807, 2.05) is 18.2 Å². The summed E-state index contributed by atoms with van der Waals surface area (Å²) in [6.07, 6.45) is 4.23. The first-order valence-corrected chi connectivity index (χ1v) is 6.29. The summed E-state index contributed by atoms with van der Waals surface area (Å²) >= 11 is 0. The summed E-state index contributed by atoms with van der Waals surface area (Å²) in [4.78, 5) is 12.6. The topological polar surface area (TPSA) is 69.6 Å². The van der Waals surface area contributed by atoms with Crippen molar-refractivity contribution in [2.75, 3.05) is 5.73 Å². The second-order valence-electron chi connectivity index (χ2n) is 4.42. The van der Waals surface area contributed by atoms with Gasteiger partial charge in [0, 0.05) is 0 Å². The first kappa shape index (κ1) is 11.6. The molecule has 2 N–H and O–H groups in total. The van der Waals surface area contributed by atoms with E-state index >= 15 is 0 Å². The lowest BCUT2D eigenvalue weighted by Gasteiger charge is -2.17. The van der Waals surface area contributed by atoms with Gasteiger partial charge < -0.3 is 10.3 Å². The highest BCUT2D eigenvalue weighted by Gasteiger charge is 2.16. The van der Waals surface area contributed by atoms with Crippen molar-refractivity contribution in [3.63, 3.8) is 0 Å². The van der Waals surface area contributed by atoms with Crippen LogP contribution in [0.1, 0.15) is 24.9 Å². The molecule has 0 saturated carbocycles. The summed E-state index contributed by atoms with van der Waals surface area (Å²) in [6, 6.07) is 10.5. The number of anilines is 1. The predicted molar refractivity (Wildman–Crippen MR) is 74.6 cm³/mol. The van der Waals surface area contributed by atoms with Gasteiger partial charge in [0.25, 0.3) is 0 Å². The van der Waals surface area contributed by atoms with E-state index in [0.29, 0.717) is 11.3 Å². The molecule has 2 aromatic heterocycles. The fourth-order valence-electron chi connectivity index (χ4n) is 2.37. The quantitative estimate of drug-likeness (QED) is 0.778. The van der Waals surface area contributed by atoms with E-state index in [1.54, 1.807) is 6.33 Å². The summed E-state index contributed by atoms with van der Waals surface area (Å²) < 4.78 is 2.06. The Hall–Kier alpha value is -2.43. The number of nitrogens with two attached hydrogens (primary N) is 1. The number of imidazole rings is 1. The Morgan fingerprint density at radius 1 is 1.16 bits per heavy atom. The van der Waals surface area contributed by atoms with Crippen molar-refractivity contribution in [1.82, 2.24) is 19.5 Å². The average molecular weight is 253 g/mol. The Morgan fingerprint density at radius 2 is 1.95 bits per heavy atom. The standard InChI is InChI=1S/C14H15N5/c1-2-11(10-6-4-3-5-7-10)19-9-18-12-13(15)16-8-17-14(12)19/h3-9,11H,2H2,1H3,(H2,15,16,17)/t11-/m1/s1. The van der Waals surface area contributed by atoms with Crippen molar-refractivity contribution in [3.05, 3.63) is 48.5 Å². The zero-order valence-corrected chi connectivity index (χ0v) is 10.7. The highest BCUT2D eigenvalue weighted by Crippen LogP contribution is 2.26. The second kappa shape index (κ2) is 4.68. The molecule has 3 aromatic rings. The highest BCUT2D eigenvalue weighted by molar-refractivity contribution is 5.81. The second-order valence-corrected chi connectivity index (χ2v) is 4.42. The van der Waals surface area contributed by atoms with Crippen LogP contribution in [-0.2, 0) is 0 Å². The van der Waals surface area contributed by atoms with Crippen LogP contribution in [0.2, 0.25) is 0 Å². The van der Waals surface area contributed by atoms with Gasteiger partial charge in [-0.3, -0.25) is 0 Å². The molecule has 1 atom stereocenters. The van der Waals surface area contributed by atoms with Gasteiger partial charge in [0.2, 0.25) is 0 Å². The maximum atomic E-state index is 5.82. The van der Waals surface area contributed by atoms with Gasteiger partial charge >= 0.3 is 0 Å². The summed E-state index contributed by atoms with van der Waals surface area (Å²) in [7, 11) is 0. The minimum Gasteiger partial charge on any atom is -0.382 e. The summed E-state index contributed by atoms with van der Waals surface area (Å²) in [6.45, 7) is 2.15. The van der Waals surface area contributed by atoms with Gasteiger partial charge in [0.1, 0.15) is 11.8 Å². The Morgan fingerprint density at radius 3 is 2.68 bits per heavy atom. The largest absolute Gasteiger partial charge is 0.382 e. The van der Waals surface area contributed by atoms with Gasteiger partial charge in [-0.15, -0.1) is 0 Å². The smallest absolute Gasteiger partial charge is 0.165 e. The first-order valence-electron chi connectivity index (χ1n) is 6.29. The fourth-order valence-corrected chi connectivity index (χ4v) is 2.37. The lowest BCUT2D eigenvalue weighted by molar-refractivity contribution is 0.577. The molecule has 5 heteroatoms. The van der Waals surface area contributed by atoms with E-state index in [2.05, 4.69) is 38.6 Å². The van der Waals surface area contributed by atoms with Crippen LogP contribution in [0.4, 0.5) is 5.82 Å². The van der Waals surface area contributed by atoms with Crippen molar-refractivity contribution in [2.45, 2.75) is 19.4 Å². The molecule has 0 spiro atoms. The molecule has 0 amide bonds. The number of benzene rings is 1. The molecule has 0 unspecified atom stereocenters. The first-order chi connectivity index (χ1) is 9.31. The van der Waals surface area contributed by atoms with Crippen molar-refractivity contribution in [3.8, 4) is 0 Å². The number of nitrogens with zero attached hydrogens (tertiary/aromatic N) is 4. The van der Waals surface area contributed by atoms with Crippen LogP contribution in [0.5, 0.6) is 0 Å². The Balaban J connectivity index is 2.15. The number of fused-ring (bicyclic) bond motifs is 1. The molecule has 3 rings (SSSR count). The molecule has 0 aliphatic rings. The third kappa shape index (κ3) is 1.93. The minimum absolute atomic E-state index is 0.209. The van der Waals surface area contributed by atoms with E-state index < -0.39 is 0 Å². The van der Waals surface area contributed by atoms with E-state index in [1.165, 1.54) is 11.9 Å². The monoisotopic (exact) mass is 253 g/mol. The third-order valence-corrected chi connectivity index (χ3v) is 3.29. The molecule has 1 aromatic carbocycles. The maximum Gasteiger partial charge on any atom is 0.165 e. The number of nitrogen functional groups attached to an aromatic ring is 1. The van der Waals surface area contributed by atoms with Gasteiger partial charge in [-0.1, -0.05) is 37.3 Å². The minimum atomic E-state index is 0.209. The van der Waals surface area contributed by atoms with Crippen LogP contribution < -0.4 is 5.73 Å². The van der Waals surface area contributed by atoms with Crippen LogP contribution >= 0.6 is 0 Å². The maximum absolute atomic E-state index is 5.82. The molecule has 0 radical (unpaired) electrons. The molecule has 0 fully saturated rings. The van der Waals surface area contributed by atoms with Gasteiger partial charge in [-0.2, -0.15) is 0 Å². The normalized spacial score (nSPS) is 12.7. The van der Waals surface area contributed by atoms with Crippen molar-refractivity contribution >= 4 is 17.0 Å². The molecular formula is C14H15N5. The van der Waals surface area contributed by atoms with Crippen LogP contribution in [0.3, 0.4) is 0 Å². The van der Waals surface area contributed by atoms with Crippen molar-refractivity contribution in [1.29, 1.82) is 0 Å². The predicted octanol–water partition coefficient (Wildman–Crippen LogP) is 2.41. The lowest BCUT2D eigenvalue weighted by atomic mass is 10.0. The van der Waals surface area contributed by atoms with Gasteiger partial charge in [-0.05, 0) is 12.0 Å². The van der Waals surface area contributed by atoms with E-state index in [0.717, 1.165) is 12.1 Å². The molecule has 0 aliphatic heterocycles. The van der Waals surface area contributed by atoms with Crippen LogP contribution in [0.25, 0.3) is 11.2 Å². The van der Waals surface area contributed by atoms with Crippen molar-refractivity contribution in [2.24, 2.45) is 0 Å². The van der Waals surface area contributed by atoms with E-state index in [4.69, 9.17) is 5.73 Å². The van der Waals surface area contributed by atoms with Crippen LogP contribution in [0, 0.1) is 0 Å². The summed E-state index contributed by atoms with van der Waals surface area (Å²) in [5.74, 6) is 0.423. The fraction of sp³-hybridized carbons (Fsp3) is 0.214. The molecule has 5 nitrogen and oxygen atoms in total. The average Bonchev–Trinajstić information content (AvgIpc) is 2.87. The SMILES string of the molecule is CC[C@H](c1ccccc1)n1cnc2c(N)ncnc21. The lowest BCUT2D eigenvalue weighted by Crippen LogP contribution is -2.09.